The van der Waals surface area contributed by atoms with Gasteiger partial charge in [0.05, 0.1) is 5.69 Å². The lowest BCUT2D eigenvalue weighted by atomic mass is 9.93. The van der Waals surface area contributed by atoms with Crippen LogP contribution in [0.25, 0.3) is 53.9 Å². The van der Waals surface area contributed by atoms with E-state index in [-0.39, 0.29) is 0 Å². The topological polar surface area (TPSA) is 3.24 Å². The summed E-state index contributed by atoms with van der Waals surface area (Å²) in [4.78, 5) is 2.44. The Balaban J connectivity index is 1.51. The van der Waals surface area contributed by atoms with E-state index in [9.17, 15) is 0 Å². The second kappa shape index (κ2) is 8.72. The van der Waals surface area contributed by atoms with Crippen LogP contribution in [0.2, 0.25) is 0 Å². The van der Waals surface area contributed by atoms with Gasteiger partial charge in [-0.15, -0.1) is 0 Å². The second-order valence-electron chi connectivity index (χ2n) is 10.2. The van der Waals surface area contributed by atoms with E-state index in [0.29, 0.717) is 0 Å². The molecule has 39 heavy (non-hydrogen) atoms. The van der Waals surface area contributed by atoms with Gasteiger partial charge in [0, 0.05) is 22.1 Å². The lowest BCUT2D eigenvalue weighted by Crippen LogP contribution is -2.11. The fourth-order valence-electron chi connectivity index (χ4n) is 6.25. The molecule has 0 saturated heterocycles. The molecule has 8 aromatic carbocycles. The maximum Gasteiger partial charge on any atom is 0.0618 e. The zero-order chi connectivity index (χ0) is 25.8. The van der Waals surface area contributed by atoms with Gasteiger partial charge in [0.15, 0.2) is 0 Å². The van der Waals surface area contributed by atoms with Crippen LogP contribution in [0.1, 0.15) is 0 Å². The molecule has 0 aliphatic carbocycles. The van der Waals surface area contributed by atoms with Gasteiger partial charge in [0.2, 0.25) is 0 Å². The Morgan fingerprint density at radius 3 is 1.28 bits per heavy atom. The van der Waals surface area contributed by atoms with Crippen molar-refractivity contribution in [3.05, 3.63) is 152 Å². The first-order chi connectivity index (χ1) is 19.4. The third-order valence-electron chi connectivity index (χ3n) is 7.97. The lowest BCUT2D eigenvalue weighted by molar-refractivity contribution is 1.32. The summed E-state index contributed by atoms with van der Waals surface area (Å²) in [5, 5.41) is 12.7. The van der Waals surface area contributed by atoms with Crippen LogP contribution >= 0.6 is 0 Å². The summed E-state index contributed by atoms with van der Waals surface area (Å²) in [7, 11) is 0. The predicted molar refractivity (Wildman–Crippen MR) is 169 cm³/mol. The Morgan fingerprint density at radius 2 is 0.718 bits per heavy atom. The van der Waals surface area contributed by atoms with Crippen molar-refractivity contribution in [1.82, 2.24) is 0 Å². The molecule has 1 nitrogen and oxygen atoms in total. The highest BCUT2D eigenvalue weighted by molar-refractivity contribution is 6.26. The van der Waals surface area contributed by atoms with Crippen LogP contribution in [0, 0.1) is 0 Å². The van der Waals surface area contributed by atoms with Crippen LogP contribution in [0.3, 0.4) is 0 Å². The highest BCUT2D eigenvalue weighted by atomic mass is 15.1. The standard InChI is InChI=1S/C38H25N/c1-2-14-28(15-3-1)39(38-30-16-6-4-12-26(30)24-27-13-5-7-17-31(27)38)29-22-23-36-34-20-9-8-18-32(34)33-19-10-11-21-35(33)37(36)25-29/h1-25H. The van der Waals surface area contributed by atoms with Crippen molar-refractivity contribution < 1.29 is 0 Å². The van der Waals surface area contributed by atoms with E-state index in [0.717, 1.165) is 11.4 Å². The van der Waals surface area contributed by atoms with Crippen molar-refractivity contribution in [2.24, 2.45) is 0 Å². The van der Waals surface area contributed by atoms with Crippen LogP contribution in [0.5, 0.6) is 0 Å². The van der Waals surface area contributed by atoms with Gasteiger partial charge >= 0.3 is 0 Å². The van der Waals surface area contributed by atoms with Crippen molar-refractivity contribution in [1.29, 1.82) is 0 Å². The molecule has 0 N–H and O–H groups in total. The first-order valence-corrected chi connectivity index (χ1v) is 13.5. The molecule has 0 aliphatic rings. The molecule has 0 aromatic heterocycles. The Kier molecular flexibility index (Phi) is 4.89. The fourth-order valence-corrected chi connectivity index (χ4v) is 6.25. The molecule has 0 fully saturated rings. The second-order valence-corrected chi connectivity index (χ2v) is 10.2. The maximum absolute atomic E-state index is 2.44. The van der Waals surface area contributed by atoms with Gasteiger partial charge in [-0.25, -0.2) is 0 Å². The van der Waals surface area contributed by atoms with Crippen LogP contribution in [-0.4, -0.2) is 0 Å². The van der Waals surface area contributed by atoms with E-state index >= 15 is 0 Å². The maximum atomic E-state index is 2.44. The van der Waals surface area contributed by atoms with Gasteiger partial charge < -0.3 is 4.90 Å². The van der Waals surface area contributed by atoms with Crippen LogP contribution in [-0.2, 0) is 0 Å². The minimum Gasteiger partial charge on any atom is -0.309 e. The summed E-state index contributed by atoms with van der Waals surface area (Å²) in [6, 6.07) is 55.1. The van der Waals surface area contributed by atoms with Crippen molar-refractivity contribution in [3.8, 4) is 0 Å². The minimum atomic E-state index is 1.14. The quantitative estimate of drug-likeness (QED) is 0.174. The number of fused-ring (bicyclic) bond motifs is 8. The van der Waals surface area contributed by atoms with Gasteiger partial charge in [-0.3, -0.25) is 0 Å². The van der Waals surface area contributed by atoms with E-state index in [1.54, 1.807) is 0 Å². The third-order valence-corrected chi connectivity index (χ3v) is 7.97. The number of hydrogen-bond acceptors (Lipinski definition) is 1. The molecular weight excluding hydrogens is 470 g/mol. The van der Waals surface area contributed by atoms with Crippen LogP contribution < -0.4 is 4.90 Å². The number of hydrogen-bond donors (Lipinski definition) is 0. The Hall–Kier alpha value is -5.14. The minimum absolute atomic E-state index is 1.14. The number of para-hydroxylation sites is 1. The highest BCUT2D eigenvalue weighted by Crippen LogP contribution is 2.45. The highest BCUT2D eigenvalue weighted by Gasteiger charge is 2.19. The monoisotopic (exact) mass is 495 g/mol. The van der Waals surface area contributed by atoms with Crippen LogP contribution in [0.15, 0.2) is 152 Å². The zero-order valence-corrected chi connectivity index (χ0v) is 21.4. The summed E-state index contributed by atoms with van der Waals surface area (Å²) in [5.41, 5.74) is 3.50. The molecule has 0 radical (unpaired) electrons. The largest absolute Gasteiger partial charge is 0.309 e. The Labute approximate surface area is 227 Å². The van der Waals surface area contributed by atoms with Crippen LogP contribution in [0.4, 0.5) is 17.1 Å². The zero-order valence-electron chi connectivity index (χ0n) is 21.4. The van der Waals surface area contributed by atoms with E-state index in [4.69, 9.17) is 0 Å². The van der Waals surface area contributed by atoms with E-state index in [1.165, 1.54) is 59.5 Å². The van der Waals surface area contributed by atoms with E-state index in [2.05, 4.69) is 157 Å². The summed E-state index contributed by atoms with van der Waals surface area (Å²) in [6.07, 6.45) is 0. The van der Waals surface area contributed by atoms with E-state index < -0.39 is 0 Å². The molecule has 0 aliphatic heterocycles. The molecular formula is C38H25N. The molecule has 0 saturated carbocycles. The van der Waals surface area contributed by atoms with Gasteiger partial charge in [0.25, 0.3) is 0 Å². The Bertz CT molecular complexity index is 2090. The van der Waals surface area contributed by atoms with E-state index in [1.807, 2.05) is 0 Å². The fraction of sp³-hybridized carbons (Fsp3) is 0. The van der Waals surface area contributed by atoms with Crippen molar-refractivity contribution in [2.45, 2.75) is 0 Å². The SMILES string of the molecule is c1ccc(N(c2ccc3c4ccccc4c4ccccc4c3c2)c2c3ccccc3cc3ccccc23)cc1. The molecule has 0 spiro atoms. The summed E-state index contributed by atoms with van der Waals surface area (Å²) < 4.78 is 0. The molecule has 0 heterocycles. The molecule has 1 heteroatoms. The molecule has 8 aromatic rings. The number of nitrogens with zero attached hydrogens (tertiary/aromatic N) is 1. The number of anilines is 3. The average molecular weight is 496 g/mol. The van der Waals surface area contributed by atoms with Gasteiger partial charge in [0.1, 0.15) is 0 Å². The van der Waals surface area contributed by atoms with Crippen molar-refractivity contribution in [2.75, 3.05) is 4.90 Å². The molecule has 0 amide bonds. The predicted octanol–water partition coefficient (Wildman–Crippen LogP) is 10.9. The molecule has 8 rings (SSSR count). The van der Waals surface area contributed by atoms with Gasteiger partial charge in [-0.1, -0.05) is 121 Å². The number of benzene rings is 8. The van der Waals surface area contributed by atoms with Gasteiger partial charge in [-0.05, 0) is 73.4 Å². The number of rotatable bonds is 3. The molecule has 0 bridgehead atoms. The summed E-state index contributed by atoms with van der Waals surface area (Å²) in [5.74, 6) is 0. The summed E-state index contributed by atoms with van der Waals surface area (Å²) >= 11 is 0. The molecule has 0 unspecified atom stereocenters. The average Bonchev–Trinajstić information content (AvgIpc) is 3.01. The Morgan fingerprint density at radius 1 is 0.282 bits per heavy atom. The lowest BCUT2D eigenvalue weighted by Gasteiger charge is -2.29. The first kappa shape index (κ1) is 21.9. The molecule has 182 valence electrons. The van der Waals surface area contributed by atoms with Crippen molar-refractivity contribution >= 4 is 70.9 Å². The first-order valence-electron chi connectivity index (χ1n) is 13.5. The normalized spacial score (nSPS) is 11.6. The van der Waals surface area contributed by atoms with Gasteiger partial charge in [-0.2, -0.15) is 0 Å². The third kappa shape index (κ3) is 3.41. The summed E-state index contributed by atoms with van der Waals surface area (Å²) in [6.45, 7) is 0. The molecule has 0 atom stereocenters. The van der Waals surface area contributed by atoms with Crippen molar-refractivity contribution in [3.63, 3.8) is 0 Å². The smallest absolute Gasteiger partial charge is 0.0618 e.